The zero-order chi connectivity index (χ0) is 13.2. The minimum absolute atomic E-state index is 0.0158. The molecular formula is C13H16N2O2S. The van der Waals surface area contributed by atoms with Crippen molar-refractivity contribution in [1.29, 1.82) is 5.26 Å². The van der Waals surface area contributed by atoms with Gasteiger partial charge in [-0.25, -0.2) is 13.1 Å². The predicted molar refractivity (Wildman–Crippen MR) is 68.5 cm³/mol. The van der Waals surface area contributed by atoms with Crippen LogP contribution in [0.15, 0.2) is 23.1 Å². The molecule has 0 aliphatic heterocycles. The van der Waals surface area contributed by atoms with Crippen LogP contribution in [0.5, 0.6) is 0 Å². The molecule has 0 unspecified atom stereocenters. The Kier molecular flexibility index (Phi) is 3.69. The Hall–Kier alpha value is -1.38. The average Bonchev–Trinajstić information content (AvgIpc) is 2.80. The maximum absolute atomic E-state index is 12.3. The minimum atomic E-state index is -3.58. The fourth-order valence-electron chi connectivity index (χ4n) is 2.33. The van der Waals surface area contributed by atoms with Gasteiger partial charge in [0.1, 0.15) is 11.0 Å². The Morgan fingerprint density at radius 3 is 2.61 bits per heavy atom. The number of hydrogen-bond donors (Lipinski definition) is 1. The average molecular weight is 264 g/mol. The van der Waals surface area contributed by atoms with Gasteiger partial charge in [-0.1, -0.05) is 25.0 Å². The standard InChI is InChI=1S/C13H16N2O2S/c1-10-5-4-8-13(12(10)9-14)18(16,17)15-11-6-2-3-7-11/h4-5,8,11,15H,2-3,6-7H2,1H3. The van der Waals surface area contributed by atoms with Crippen LogP contribution in [0, 0.1) is 18.3 Å². The summed E-state index contributed by atoms with van der Waals surface area (Å²) in [7, 11) is -3.58. The first-order valence-corrected chi connectivity index (χ1v) is 7.55. The Morgan fingerprint density at radius 2 is 2.00 bits per heavy atom. The number of nitrogens with one attached hydrogen (secondary N) is 1. The molecule has 0 bridgehead atoms. The number of rotatable bonds is 3. The van der Waals surface area contributed by atoms with Crippen molar-refractivity contribution in [3.63, 3.8) is 0 Å². The molecule has 0 atom stereocenters. The molecule has 1 aliphatic rings. The van der Waals surface area contributed by atoms with Gasteiger partial charge in [0.05, 0.1) is 5.56 Å². The molecule has 0 heterocycles. The molecule has 0 spiro atoms. The summed E-state index contributed by atoms with van der Waals surface area (Å²) in [5.74, 6) is 0. The SMILES string of the molecule is Cc1cccc(S(=O)(=O)NC2CCCC2)c1C#N. The van der Waals surface area contributed by atoms with Crippen LogP contribution in [0.4, 0.5) is 0 Å². The molecule has 96 valence electrons. The van der Waals surface area contributed by atoms with Crippen LogP contribution in [0.1, 0.15) is 36.8 Å². The van der Waals surface area contributed by atoms with Crippen LogP contribution in [-0.2, 0) is 10.0 Å². The highest BCUT2D eigenvalue weighted by Crippen LogP contribution is 2.23. The second-order valence-electron chi connectivity index (χ2n) is 4.66. The van der Waals surface area contributed by atoms with Crippen LogP contribution >= 0.6 is 0 Å². The molecule has 18 heavy (non-hydrogen) atoms. The summed E-state index contributed by atoms with van der Waals surface area (Å²) in [6.45, 7) is 1.74. The number of hydrogen-bond acceptors (Lipinski definition) is 3. The van der Waals surface area contributed by atoms with E-state index in [2.05, 4.69) is 4.72 Å². The molecule has 1 aromatic rings. The molecule has 1 N–H and O–H groups in total. The van der Waals surface area contributed by atoms with Crippen LogP contribution in [0.3, 0.4) is 0 Å². The summed E-state index contributed by atoms with van der Waals surface area (Å²) < 4.78 is 27.2. The van der Waals surface area contributed by atoms with E-state index in [1.165, 1.54) is 6.07 Å². The molecule has 0 radical (unpaired) electrons. The molecule has 1 aliphatic carbocycles. The van der Waals surface area contributed by atoms with Crippen molar-refractivity contribution in [2.75, 3.05) is 0 Å². The van der Waals surface area contributed by atoms with E-state index >= 15 is 0 Å². The van der Waals surface area contributed by atoms with Gasteiger partial charge in [-0.05, 0) is 31.4 Å². The third-order valence-electron chi connectivity index (χ3n) is 3.31. The summed E-state index contributed by atoms with van der Waals surface area (Å²) in [5, 5.41) is 9.08. The van der Waals surface area contributed by atoms with Crippen molar-refractivity contribution in [3.8, 4) is 6.07 Å². The largest absolute Gasteiger partial charge is 0.242 e. The second kappa shape index (κ2) is 5.09. The molecule has 1 saturated carbocycles. The normalized spacial score (nSPS) is 16.7. The van der Waals surface area contributed by atoms with Crippen LogP contribution in [0.2, 0.25) is 0 Å². The minimum Gasteiger partial charge on any atom is -0.208 e. The van der Waals surface area contributed by atoms with E-state index in [1.807, 2.05) is 6.07 Å². The Bertz CT molecular complexity index is 581. The van der Waals surface area contributed by atoms with Crippen LogP contribution < -0.4 is 4.72 Å². The maximum Gasteiger partial charge on any atom is 0.242 e. The molecule has 1 fully saturated rings. The molecule has 2 rings (SSSR count). The Labute approximate surface area is 108 Å². The smallest absolute Gasteiger partial charge is 0.208 e. The van der Waals surface area contributed by atoms with E-state index in [1.54, 1.807) is 19.1 Å². The molecule has 0 saturated heterocycles. The van der Waals surface area contributed by atoms with E-state index in [-0.39, 0.29) is 16.5 Å². The molecule has 4 nitrogen and oxygen atoms in total. The molecule has 0 amide bonds. The highest BCUT2D eigenvalue weighted by Gasteiger charge is 2.25. The monoisotopic (exact) mass is 264 g/mol. The fourth-order valence-corrected chi connectivity index (χ4v) is 3.87. The summed E-state index contributed by atoms with van der Waals surface area (Å²) in [5.41, 5.74) is 0.926. The van der Waals surface area contributed by atoms with Gasteiger partial charge in [0, 0.05) is 6.04 Å². The first-order chi connectivity index (χ1) is 8.54. The molecular weight excluding hydrogens is 248 g/mol. The molecule has 0 aromatic heterocycles. The number of aryl methyl sites for hydroxylation is 1. The van der Waals surface area contributed by atoms with Gasteiger partial charge in [0.2, 0.25) is 10.0 Å². The van der Waals surface area contributed by atoms with Gasteiger partial charge < -0.3 is 0 Å². The number of benzene rings is 1. The van der Waals surface area contributed by atoms with Crippen molar-refractivity contribution in [2.24, 2.45) is 0 Å². The van der Waals surface area contributed by atoms with Gasteiger partial charge in [0.15, 0.2) is 0 Å². The van der Waals surface area contributed by atoms with Crippen LogP contribution in [-0.4, -0.2) is 14.5 Å². The van der Waals surface area contributed by atoms with E-state index in [0.717, 1.165) is 25.7 Å². The van der Waals surface area contributed by atoms with Gasteiger partial charge in [0.25, 0.3) is 0 Å². The zero-order valence-corrected chi connectivity index (χ0v) is 11.1. The number of nitrogens with zero attached hydrogens (tertiary/aromatic N) is 1. The summed E-state index contributed by atoms with van der Waals surface area (Å²) >= 11 is 0. The fraction of sp³-hybridized carbons (Fsp3) is 0.462. The number of nitriles is 1. The predicted octanol–water partition coefficient (Wildman–Crippen LogP) is 2.09. The van der Waals surface area contributed by atoms with Gasteiger partial charge >= 0.3 is 0 Å². The summed E-state index contributed by atoms with van der Waals surface area (Å²) in [6.07, 6.45) is 3.89. The van der Waals surface area contributed by atoms with Crippen molar-refractivity contribution in [1.82, 2.24) is 4.72 Å². The third kappa shape index (κ3) is 2.55. The highest BCUT2D eigenvalue weighted by atomic mass is 32.2. The van der Waals surface area contributed by atoms with E-state index < -0.39 is 10.0 Å². The lowest BCUT2D eigenvalue weighted by atomic mass is 10.1. The zero-order valence-electron chi connectivity index (χ0n) is 10.3. The first-order valence-electron chi connectivity index (χ1n) is 6.06. The van der Waals surface area contributed by atoms with E-state index in [0.29, 0.717) is 5.56 Å². The topological polar surface area (TPSA) is 70.0 Å². The lowest BCUT2D eigenvalue weighted by Gasteiger charge is -2.14. The van der Waals surface area contributed by atoms with E-state index in [4.69, 9.17) is 5.26 Å². The van der Waals surface area contributed by atoms with Crippen molar-refractivity contribution in [2.45, 2.75) is 43.5 Å². The van der Waals surface area contributed by atoms with Gasteiger partial charge in [-0.2, -0.15) is 5.26 Å². The van der Waals surface area contributed by atoms with E-state index in [9.17, 15) is 8.42 Å². The highest BCUT2D eigenvalue weighted by molar-refractivity contribution is 7.89. The second-order valence-corrected chi connectivity index (χ2v) is 6.34. The maximum atomic E-state index is 12.3. The first kappa shape index (κ1) is 13.1. The quantitative estimate of drug-likeness (QED) is 0.908. The lowest BCUT2D eigenvalue weighted by molar-refractivity contribution is 0.552. The molecule has 1 aromatic carbocycles. The van der Waals surface area contributed by atoms with Crippen LogP contribution in [0.25, 0.3) is 0 Å². The van der Waals surface area contributed by atoms with Crippen molar-refractivity contribution in [3.05, 3.63) is 29.3 Å². The van der Waals surface area contributed by atoms with Gasteiger partial charge in [-0.15, -0.1) is 0 Å². The number of sulfonamides is 1. The van der Waals surface area contributed by atoms with Crippen molar-refractivity contribution < 1.29 is 8.42 Å². The van der Waals surface area contributed by atoms with Gasteiger partial charge in [-0.3, -0.25) is 0 Å². The lowest BCUT2D eigenvalue weighted by Crippen LogP contribution is -2.33. The third-order valence-corrected chi connectivity index (χ3v) is 4.88. The molecule has 5 heteroatoms. The van der Waals surface area contributed by atoms with Crippen molar-refractivity contribution >= 4 is 10.0 Å². The Balaban J connectivity index is 2.35. The summed E-state index contributed by atoms with van der Waals surface area (Å²) in [6, 6.07) is 6.89. The summed E-state index contributed by atoms with van der Waals surface area (Å²) in [4.78, 5) is 0.0944. The Morgan fingerprint density at radius 1 is 1.33 bits per heavy atom.